The minimum Gasteiger partial charge on any atom is -0.496 e. The van der Waals surface area contributed by atoms with Crippen molar-refractivity contribution in [2.45, 2.75) is 5.75 Å². The molecule has 3 N–H and O–H groups in total. The zero-order chi connectivity index (χ0) is 20.7. The number of ether oxygens (including phenoxy) is 1. The Morgan fingerprint density at radius 1 is 1.07 bits per heavy atom. The van der Waals surface area contributed by atoms with Crippen molar-refractivity contribution in [2.75, 3.05) is 25.6 Å². The monoisotopic (exact) mass is 414 g/mol. The maximum Gasteiger partial charge on any atom is 0.215 e. The number of anilines is 2. The van der Waals surface area contributed by atoms with Gasteiger partial charge >= 0.3 is 0 Å². The number of benzene rings is 2. The normalized spacial score (nSPS) is 11.2. The lowest BCUT2D eigenvalue weighted by atomic mass is 10.1. The van der Waals surface area contributed by atoms with E-state index in [0.29, 0.717) is 28.5 Å². The summed E-state index contributed by atoms with van der Waals surface area (Å²) in [5.41, 5.74) is 2.85. The number of aliphatic hydroxyl groups is 1. The van der Waals surface area contributed by atoms with E-state index in [1.807, 2.05) is 30.3 Å². The summed E-state index contributed by atoms with van der Waals surface area (Å²) in [6, 6.07) is 16.4. The van der Waals surface area contributed by atoms with Gasteiger partial charge in [-0.2, -0.15) is 0 Å². The van der Waals surface area contributed by atoms with Crippen LogP contribution in [-0.4, -0.2) is 43.8 Å². The lowest BCUT2D eigenvalue weighted by molar-refractivity contribution is 0.301. The fourth-order valence-electron chi connectivity index (χ4n) is 2.79. The predicted octanol–water partition coefficient (Wildman–Crippen LogP) is 2.31. The van der Waals surface area contributed by atoms with Gasteiger partial charge < -0.3 is 15.2 Å². The Labute approximate surface area is 169 Å². The van der Waals surface area contributed by atoms with E-state index < -0.39 is 10.0 Å². The van der Waals surface area contributed by atoms with Gasteiger partial charge in [0.2, 0.25) is 10.0 Å². The first-order valence-electron chi connectivity index (χ1n) is 8.90. The zero-order valence-corrected chi connectivity index (χ0v) is 16.7. The Bertz CT molecular complexity index is 1070. The molecule has 0 saturated carbocycles. The first-order chi connectivity index (χ1) is 14.0. The Hall–Kier alpha value is -3.01. The summed E-state index contributed by atoms with van der Waals surface area (Å²) in [5.74, 6) is 1.10. The SMILES string of the molecule is COc1ccccc1-c1cc(Nc2cccc(CS(=O)(=O)NCCO)c2)ncn1. The third kappa shape index (κ3) is 5.74. The van der Waals surface area contributed by atoms with Crippen LogP contribution in [0, 0.1) is 0 Å². The van der Waals surface area contributed by atoms with Gasteiger partial charge in [0, 0.05) is 23.9 Å². The van der Waals surface area contributed by atoms with Crippen LogP contribution in [0.15, 0.2) is 60.9 Å². The molecule has 8 nitrogen and oxygen atoms in total. The molecule has 152 valence electrons. The van der Waals surface area contributed by atoms with Crippen LogP contribution >= 0.6 is 0 Å². The van der Waals surface area contributed by atoms with Crippen molar-refractivity contribution in [3.05, 3.63) is 66.5 Å². The topological polar surface area (TPSA) is 113 Å². The highest BCUT2D eigenvalue weighted by Gasteiger charge is 2.12. The van der Waals surface area contributed by atoms with E-state index >= 15 is 0 Å². The summed E-state index contributed by atoms with van der Waals surface area (Å²) >= 11 is 0. The van der Waals surface area contributed by atoms with Crippen LogP contribution in [0.5, 0.6) is 5.75 Å². The maximum absolute atomic E-state index is 12.0. The summed E-state index contributed by atoms with van der Waals surface area (Å²) in [6.45, 7) is -0.254. The van der Waals surface area contributed by atoms with Crippen LogP contribution in [0.4, 0.5) is 11.5 Å². The van der Waals surface area contributed by atoms with Gasteiger partial charge in [0.25, 0.3) is 0 Å². The molecule has 0 radical (unpaired) electrons. The van der Waals surface area contributed by atoms with Crippen LogP contribution < -0.4 is 14.8 Å². The largest absolute Gasteiger partial charge is 0.496 e. The number of para-hydroxylation sites is 1. The van der Waals surface area contributed by atoms with Crippen LogP contribution in [0.2, 0.25) is 0 Å². The molecular weight excluding hydrogens is 392 g/mol. The minimum absolute atomic E-state index is 0.00701. The summed E-state index contributed by atoms with van der Waals surface area (Å²) in [6.07, 6.45) is 1.46. The van der Waals surface area contributed by atoms with Crippen molar-refractivity contribution in [3.63, 3.8) is 0 Å². The van der Waals surface area contributed by atoms with Crippen molar-refractivity contribution in [3.8, 4) is 17.0 Å². The second-order valence-electron chi connectivity index (χ2n) is 6.19. The Morgan fingerprint density at radius 3 is 2.69 bits per heavy atom. The second kappa shape index (κ2) is 9.46. The number of hydrogen-bond donors (Lipinski definition) is 3. The molecule has 0 aliphatic rings. The maximum atomic E-state index is 12.0. The molecular formula is C20H22N4O4S. The number of hydrogen-bond acceptors (Lipinski definition) is 7. The lowest BCUT2D eigenvalue weighted by Gasteiger charge is -2.11. The molecule has 3 rings (SSSR count). The number of nitrogens with one attached hydrogen (secondary N) is 2. The molecule has 2 aromatic carbocycles. The smallest absolute Gasteiger partial charge is 0.215 e. The van der Waals surface area contributed by atoms with Crippen LogP contribution in [-0.2, 0) is 15.8 Å². The molecule has 0 spiro atoms. The van der Waals surface area contributed by atoms with Crippen LogP contribution in [0.3, 0.4) is 0 Å². The summed E-state index contributed by atoms with van der Waals surface area (Å²) in [5, 5.41) is 12.0. The van der Waals surface area contributed by atoms with Gasteiger partial charge in [-0.05, 0) is 29.8 Å². The Kier molecular flexibility index (Phi) is 6.76. The molecule has 0 atom stereocenters. The number of aliphatic hydroxyl groups excluding tert-OH is 1. The standard InChI is InChI=1S/C20H22N4O4S/c1-28-19-8-3-2-7-17(19)18-12-20(22-14-21-18)24-16-6-4-5-15(11-16)13-29(26,27)23-9-10-25/h2-8,11-12,14,23,25H,9-10,13H2,1H3,(H,21,22,24). The van der Waals surface area contributed by atoms with E-state index in [-0.39, 0.29) is 18.9 Å². The predicted molar refractivity (Wildman–Crippen MR) is 111 cm³/mol. The van der Waals surface area contributed by atoms with Gasteiger partial charge in [0.15, 0.2) is 0 Å². The molecule has 9 heteroatoms. The third-order valence-corrected chi connectivity index (χ3v) is 5.40. The molecule has 3 aromatic rings. The Balaban J connectivity index is 1.79. The third-order valence-electron chi connectivity index (χ3n) is 4.04. The molecule has 0 aliphatic heterocycles. The summed E-state index contributed by atoms with van der Waals surface area (Å²) in [7, 11) is -1.91. The van der Waals surface area contributed by atoms with Crippen LogP contribution in [0.25, 0.3) is 11.3 Å². The van der Waals surface area contributed by atoms with E-state index in [9.17, 15) is 8.42 Å². The first-order valence-corrected chi connectivity index (χ1v) is 10.6. The van der Waals surface area contributed by atoms with Gasteiger partial charge in [-0.3, -0.25) is 0 Å². The fourth-order valence-corrected chi connectivity index (χ4v) is 3.91. The van der Waals surface area contributed by atoms with Gasteiger partial charge in [-0.25, -0.2) is 23.1 Å². The van der Waals surface area contributed by atoms with Crippen molar-refractivity contribution >= 4 is 21.5 Å². The molecule has 0 amide bonds. The first kappa shape index (κ1) is 20.7. The van der Waals surface area contributed by atoms with E-state index in [4.69, 9.17) is 9.84 Å². The number of methoxy groups -OCH3 is 1. The Morgan fingerprint density at radius 2 is 1.90 bits per heavy atom. The van der Waals surface area contributed by atoms with E-state index in [1.165, 1.54) is 6.33 Å². The zero-order valence-electron chi connectivity index (χ0n) is 15.9. The molecule has 0 aliphatic carbocycles. The summed E-state index contributed by atoms with van der Waals surface area (Å²) in [4.78, 5) is 8.55. The van der Waals surface area contributed by atoms with E-state index in [2.05, 4.69) is 20.0 Å². The second-order valence-corrected chi connectivity index (χ2v) is 8.00. The van der Waals surface area contributed by atoms with E-state index in [0.717, 1.165) is 5.56 Å². The van der Waals surface area contributed by atoms with Crippen molar-refractivity contribution < 1.29 is 18.3 Å². The molecule has 0 fully saturated rings. The molecule has 0 saturated heterocycles. The van der Waals surface area contributed by atoms with Gasteiger partial charge in [-0.1, -0.05) is 24.3 Å². The van der Waals surface area contributed by atoms with Gasteiger partial charge in [0.05, 0.1) is 25.2 Å². The highest BCUT2D eigenvalue weighted by Crippen LogP contribution is 2.29. The lowest BCUT2D eigenvalue weighted by Crippen LogP contribution is -2.27. The van der Waals surface area contributed by atoms with Crippen molar-refractivity contribution in [2.24, 2.45) is 0 Å². The molecule has 29 heavy (non-hydrogen) atoms. The number of sulfonamides is 1. The van der Waals surface area contributed by atoms with Crippen molar-refractivity contribution in [1.82, 2.24) is 14.7 Å². The number of nitrogens with zero attached hydrogens (tertiary/aromatic N) is 2. The highest BCUT2D eigenvalue weighted by molar-refractivity contribution is 7.88. The highest BCUT2D eigenvalue weighted by atomic mass is 32.2. The van der Waals surface area contributed by atoms with Gasteiger partial charge in [0.1, 0.15) is 17.9 Å². The quantitative estimate of drug-likeness (QED) is 0.492. The van der Waals surface area contributed by atoms with Gasteiger partial charge in [-0.15, -0.1) is 0 Å². The molecule has 0 unspecified atom stereocenters. The average molecular weight is 414 g/mol. The summed E-state index contributed by atoms with van der Waals surface area (Å²) < 4.78 is 31.8. The van der Waals surface area contributed by atoms with Crippen LogP contribution in [0.1, 0.15) is 5.56 Å². The minimum atomic E-state index is -3.51. The fraction of sp³-hybridized carbons (Fsp3) is 0.200. The van der Waals surface area contributed by atoms with Crippen molar-refractivity contribution in [1.29, 1.82) is 0 Å². The van der Waals surface area contributed by atoms with E-state index in [1.54, 1.807) is 31.4 Å². The molecule has 0 bridgehead atoms. The molecule has 1 aromatic heterocycles. The number of rotatable bonds is 9. The number of aromatic nitrogens is 2. The molecule has 1 heterocycles. The average Bonchev–Trinajstić information content (AvgIpc) is 2.72.